The lowest BCUT2D eigenvalue weighted by Gasteiger charge is -2.03. The van der Waals surface area contributed by atoms with Crippen LogP contribution in [0.2, 0.25) is 0 Å². The molecule has 2 aromatic rings. The van der Waals surface area contributed by atoms with E-state index in [1.165, 1.54) is 34.5 Å². The summed E-state index contributed by atoms with van der Waals surface area (Å²) in [6, 6.07) is 8.59. The van der Waals surface area contributed by atoms with E-state index in [4.69, 9.17) is 0 Å². The molecule has 69 valence electrons. The summed E-state index contributed by atoms with van der Waals surface area (Å²) < 4.78 is 0. The highest BCUT2D eigenvalue weighted by atomic mass is 32.1. The van der Waals surface area contributed by atoms with Crippen LogP contribution in [0.25, 0.3) is 11.3 Å². The molecule has 0 saturated carbocycles. The first-order valence-corrected chi connectivity index (χ1v) is 5.71. The number of benzene rings is 1. The van der Waals surface area contributed by atoms with Gasteiger partial charge in [-0.05, 0) is 24.8 Å². The minimum Gasteiger partial charge on any atom is -0.233 e. The summed E-state index contributed by atoms with van der Waals surface area (Å²) in [6.07, 6.45) is 3.57. The van der Waals surface area contributed by atoms with Gasteiger partial charge in [0.1, 0.15) is 0 Å². The van der Waals surface area contributed by atoms with E-state index >= 15 is 0 Å². The molecule has 1 radical (unpaired) electrons. The number of hydrogen-bond donors (Lipinski definition) is 0. The van der Waals surface area contributed by atoms with Crippen LogP contribution in [0.15, 0.2) is 24.3 Å². The molecule has 0 bridgehead atoms. The fourth-order valence-electron chi connectivity index (χ4n) is 2.02. The Hall–Kier alpha value is -1.15. The predicted octanol–water partition coefficient (Wildman–Crippen LogP) is 3.10. The van der Waals surface area contributed by atoms with Crippen molar-refractivity contribution in [3.8, 4) is 11.3 Å². The number of rotatable bonds is 0. The third-order valence-electron chi connectivity index (χ3n) is 2.71. The number of aryl methyl sites for hydroxylation is 2. The molecule has 0 aliphatic heterocycles. The van der Waals surface area contributed by atoms with Crippen molar-refractivity contribution in [1.82, 2.24) is 4.98 Å². The molecule has 1 heterocycles. The lowest BCUT2D eigenvalue weighted by atomic mass is 10.0. The molecule has 1 nitrogen and oxygen atoms in total. The van der Waals surface area contributed by atoms with Crippen molar-refractivity contribution in [2.75, 3.05) is 0 Å². The van der Waals surface area contributed by atoms with Crippen LogP contribution in [-0.4, -0.2) is 4.98 Å². The average Bonchev–Trinajstić information content (AvgIpc) is 2.61. The summed E-state index contributed by atoms with van der Waals surface area (Å²) >= 11 is 1.67. The van der Waals surface area contributed by atoms with E-state index < -0.39 is 0 Å². The van der Waals surface area contributed by atoms with Crippen molar-refractivity contribution in [1.29, 1.82) is 0 Å². The second kappa shape index (κ2) is 3.21. The minimum absolute atomic E-state index is 1.16. The van der Waals surface area contributed by atoms with Crippen molar-refractivity contribution < 1.29 is 0 Å². The topological polar surface area (TPSA) is 12.9 Å². The first-order valence-electron chi connectivity index (χ1n) is 4.89. The Morgan fingerprint density at radius 3 is 3.14 bits per heavy atom. The summed E-state index contributed by atoms with van der Waals surface area (Å²) in [6.45, 7) is 0. The van der Waals surface area contributed by atoms with Gasteiger partial charge in [-0.25, -0.2) is 4.98 Å². The van der Waals surface area contributed by atoms with Crippen LogP contribution in [0.5, 0.6) is 0 Å². The SMILES string of the molecule is [c]1nc2c(s1)CCCc1ccccc1-2. The summed E-state index contributed by atoms with van der Waals surface area (Å²) in [5, 5.41) is 0. The molecule has 0 saturated heterocycles. The summed E-state index contributed by atoms with van der Waals surface area (Å²) in [4.78, 5) is 5.75. The number of thiazole rings is 1. The largest absolute Gasteiger partial charge is 0.233 e. The van der Waals surface area contributed by atoms with Gasteiger partial charge in [-0.3, -0.25) is 0 Å². The number of hydrogen-bond acceptors (Lipinski definition) is 2. The highest BCUT2D eigenvalue weighted by Crippen LogP contribution is 2.32. The van der Waals surface area contributed by atoms with Gasteiger partial charge in [0.05, 0.1) is 5.69 Å². The van der Waals surface area contributed by atoms with Crippen LogP contribution in [0.3, 0.4) is 0 Å². The minimum atomic E-state index is 1.16. The molecule has 3 rings (SSSR count). The maximum Gasteiger partial charge on any atom is 0.153 e. The fourth-order valence-corrected chi connectivity index (χ4v) is 2.77. The van der Waals surface area contributed by atoms with Crippen LogP contribution in [0, 0.1) is 5.51 Å². The van der Waals surface area contributed by atoms with Gasteiger partial charge in [-0.15, -0.1) is 11.3 Å². The predicted molar refractivity (Wildman–Crippen MR) is 58.4 cm³/mol. The number of fused-ring (bicyclic) bond motifs is 3. The molecule has 14 heavy (non-hydrogen) atoms. The molecular formula is C12H10NS. The summed E-state index contributed by atoms with van der Waals surface area (Å²) in [7, 11) is 0. The van der Waals surface area contributed by atoms with E-state index in [0.717, 1.165) is 6.42 Å². The summed E-state index contributed by atoms with van der Waals surface area (Å²) in [5.74, 6) is 0. The molecule has 1 aromatic carbocycles. The number of aromatic nitrogens is 1. The van der Waals surface area contributed by atoms with E-state index in [1.807, 2.05) is 0 Å². The molecule has 0 unspecified atom stereocenters. The average molecular weight is 200 g/mol. The van der Waals surface area contributed by atoms with Crippen molar-refractivity contribution in [2.45, 2.75) is 19.3 Å². The van der Waals surface area contributed by atoms with E-state index in [9.17, 15) is 0 Å². The third kappa shape index (κ3) is 1.18. The van der Waals surface area contributed by atoms with Gasteiger partial charge in [0.2, 0.25) is 0 Å². The van der Waals surface area contributed by atoms with Gasteiger partial charge in [-0.2, -0.15) is 0 Å². The number of nitrogens with zero attached hydrogens (tertiary/aromatic N) is 1. The van der Waals surface area contributed by atoms with Crippen molar-refractivity contribution in [2.24, 2.45) is 0 Å². The molecule has 0 spiro atoms. The van der Waals surface area contributed by atoms with Gasteiger partial charge in [0, 0.05) is 10.4 Å². The van der Waals surface area contributed by atoms with Crippen molar-refractivity contribution in [3.05, 3.63) is 40.2 Å². The maximum absolute atomic E-state index is 4.35. The first-order chi connectivity index (χ1) is 6.95. The molecule has 1 aromatic heterocycles. The van der Waals surface area contributed by atoms with Gasteiger partial charge in [0.15, 0.2) is 5.51 Å². The Kier molecular flexibility index (Phi) is 1.88. The van der Waals surface area contributed by atoms with E-state index in [0.29, 0.717) is 0 Å². The normalized spacial score (nSPS) is 14.3. The van der Waals surface area contributed by atoms with E-state index in [1.54, 1.807) is 11.3 Å². The Balaban J connectivity index is 2.27. The highest BCUT2D eigenvalue weighted by Gasteiger charge is 2.15. The molecule has 0 atom stereocenters. The molecule has 2 heteroatoms. The van der Waals surface area contributed by atoms with Gasteiger partial charge in [0.25, 0.3) is 0 Å². The molecule has 0 fully saturated rings. The van der Waals surface area contributed by atoms with Crippen molar-refractivity contribution >= 4 is 11.3 Å². The van der Waals surface area contributed by atoms with Crippen LogP contribution >= 0.6 is 11.3 Å². The van der Waals surface area contributed by atoms with Crippen LogP contribution in [-0.2, 0) is 12.8 Å². The Morgan fingerprint density at radius 2 is 2.14 bits per heavy atom. The maximum atomic E-state index is 4.35. The van der Waals surface area contributed by atoms with E-state index in [2.05, 4.69) is 34.8 Å². The van der Waals surface area contributed by atoms with Crippen LogP contribution in [0.4, 0.5) is 0 Å². The van der Waals surface area contributed by atoms with E-state index in [-0.39, 0.29) is 0 Å². The van der Waals surface area contributed by atoms with Gasteiger partial charge < -0.3 is 0 Å². The standard InChI is InChI=1S/C12H10NS/c1-2-6-10-9(4-1)5-3-7-11-12(10)13-8-14-11/h1-2,4,6H,3,5,7H2. The molecule has 0 N–H and O–H groups in total. The Bertz CT molecular complexity index is 459. The summed E-state index contributed by atoms with van der Waals surface area (Å²) in [5.41, 5.74) is 6.92. The quantitative estimate of drug-likeness (QED) is 0.636. The van der Waals surface area contributed by atoms with Crippen molar-refractivity contribution in [3.63, 3.8) is 0 Å². The second-order valence-electron chi connectivity index (χ2n) is 3.59. The zero-order chi connectivity index (χ0) is 9.38. The zero-order valence-corrected chi connectivity index (χ0v) is 8.60. The van der Waals surface area contributed by atoms with Crippen LogP contribution in [0.1, 0.15) is 16.9 Å². The lowest BCUT2D eigenvalue weighted by Crippen LogP contribution is -1.86. The smallest absolute Gasteiger partial charge is 0.153 e. The van der Waals surface area contributed by atoms with Gasteiger partial charge >= 0.3 is 0 Å². The van der Waals surface area contributed by atoms with Crippen LogP contribution < -0.4 is 0 Å². The molecule has 1 aliphatic rings. The Labute approximate surface area is 87.4 Å². The first kappa shape index (κ1) is 8.18. The molecular weight excluding hydrogens is 190 g/mol. The lowest BCUT2D eigenvalue weighted by molar-refractivity contribution is 0.843. The second-order valence-corrected chi connectivity index (χ2v) is 4.47. The third-order valence-corrected chi connectivity index (χ3v) is 3.54. The molecule has 0 amide bonds. The zero-order valence-electron chi connectivity index (χ0n) is 7.79. The Morgan fingerprint density at radius 1 is 1.21 bits per heavy atom. The highest BCUT2D eigenvalue weighted by molar-refractivity contribution is 7.09. The van der Waals surface area contributed by atoms with Gasteiger partial charge in [-0.1, -0.05) is 24.3 Å². The molecule has 1 aliphatic carbocycles. The monoisotopic (exact) mass is 200 g/mol. The fraction of sp³-hybridized carbons (Fsp3) is 0.250.